The molecule has 0 saturated carbocycles. The fourth-order valence-electron chi connectivity index (χ4n) is 1.93. The zero-order valence-electron chi connectivity index (χ0n) is 9.62. The quantitative estimate of drug-likeness (QED) is 0.670. The third kappa shape index (κ3) is 2.03. The van der Waals surface area contributed by atoms with E-state index in [1.165, 1.54) is 0 Å². The van der Waals surface area contributed by atoms with Crippen LogP contribution in [0.4, 0.5) is 0 Å². The van der Waals surface area contributed by atoms with Crippen LogP contribution in [0.15, 0.2) is 67.0 Å². The fourth-order valence-corrected chi connectivity index (χ4v) is 2.18. The summed E-state index contributed by atoms with van der Waals surface area (Å²) in [6.07, 6.45) is 3.69. The number of halogens is 1. The molecule has 3 heteroatoms. The first-order valence-corrected chi connectivity index (χ1v) is 6.07. The van der Waals surface area contributed by atoms with Crippen LogP contribution in [-0.2, 0) is 0 Å². The van der Waals surface area contributed by atoms with E-state index in [1.807, 2.05) is 59.4 Å². The van der Waals surface area contributed by atoms with Gasteiger partial charge in [-0.15, -0.1) is 0 Å². The Morgan fingerprint density at radius 2 is 1.83 bits per heavy atom. The SMILES string of the molecule is Clc1ccccc1-c1cccc(-n2cccn2)c1. The smallest absolute Gasteiger partial charge is 0.0651 e. The van der Waals surface area contributed by atoms with E-state index in [9.17, 15) is 0 Å². The van der Waals surface area contributed by atoms with Gasteiger partial charge in [-0.2, -0.15) is 5.10 Å². The molecule has 3 rings (SSSR count). The molecule has 0 fully saturated rings. The van der Waals surface area contributed by atoms with E-state index in [0.717, 1.165) is 21.8 Å². The third-order valence-corrected chi connectivity index (χ3v) is 3.13. The highest BCUT2D eigenvalue weighted by Gasteiger charge is 2.04. The van der Waals surface area contributed by atoms with E-state index in [1.54, 1.807) is 6.20 Å². The van der Waals surface area contributed by atoms with Gasteiger partial charge in [0.05, 0.1) is 5.69 Å². The lowest BCUT2D eigenvalue weighted by atomic mass is 10.1. The maximum Gasteiger partial charge on any atom is 0.0651 e. The van der Waals surface area contributed by atoms with Crippen molar-refractivity contribution in [2.24, 2.45) is 0 Å². The Morgan fingerprint density at radius 3 is 2.61 bits per heavy atom. The Labute approximate surface area is 110 Å². The van der Waals surface area contributed by atoms with Gasteiger partial charge >= 0.3 is 0 Å². The predicted octanol–water partition coefficient (Wildman–Crippen LogP) is 4.19. The second-order valence-corrected chi connectivity index (χ2v) is 4.39. The van der Waals surface area contributed by atoms with Crippen molar-refractivity contribution >= 4 is 11.6 Å². The van der Waals surface area contributed by atoms with Gasteiger partial charge in [0.25, 0.3) is 0 Å². The minimum Gasteiger partial charge on any atom is -0.241 e. The van der Waals surface area contributed by atoms with Crippen LogP contribution in [0.5, 0.6) is 0 Å². The molecule has 2 aromatic carbocycles. The standard InChI is InChI=1S/C15H11ClN2/c16-15-8-2-1-7-14(15)12-5-3-6-13(11-12)18-10-4-9-17-18/h1-11H. The molecule has 0 bridgehead atoms. The summed E-state index contributed by atoms with van der Waals surface area (Å²) in [4.78, 5) is 0. The van der Waals surface area contributed by atoms with Crippen LogP contribution in [0.25, 0.3) is 16.8 Å². The van der Waals surface area contributed by atoms with Crippen molar-refractivity contribution in [3.63, 3.8) is 0 Å². The maximum absolute atomic E-state index is 6.21. The number of rotatable bonds is 2. The van der Waals surface area contributed by atoms with E-state index in [0.29, 0.717) is 0 Å². The molecule has 0 spiro atoms. The summed E-state index contributed by atoms with van der Waals surface area (Å²) in [6.45, 7) is 0. The van der Waals surface area contributed by atoms with Gasteiger partial charge in [-0.3, -0.25) is 0 Å². The van der Waals surface area contributed by atoms with E-state index in [2.05, 4.69) is 11.2 Å². The molecule has 0 radical (unpaired) electrons. The Hall–Kier alpha value is -2.06. The molecular weight excluding hydrogens is 244 g/mol. The largest absolute Gasteiger partial charge is 0.241 e. The second kappa shape index (κ2) is 4.67. The molecule has 0 unspecified atom stereocenters. The summed E-state index contributed by atoms with van der Waals surface area (Å²) in [5.41, 5.74) is 3.15. The van der Waals surface area contributed by atoms with E-state index < -0.39 is 0 Å². The Balaban J connectivity index is 2.10. The minimum absolute atomic E-state index is 0.759. The Morgan fingerprint density at radius 1 is 0.944 bits per heavy atom. The molecule has 1 aromatic heterocycles. The molecule has 1 heterocycles. The van der Waals surface area contributed by atoms with Gasteiger partial charge in [0.1, 0.15) is 0 Å². The van der Waals surface area contributed by atoms with Crippen molar-refractivity contribution in [3.8, 4) is 16.8 Å². The van der Waals surface area contributed by atoms with Gasteiger partial charge in [0.15, 0.2) is 0 Å². The van der Waals surface area contributed by atoms with Gasteiger partial charge in [0.2, 0.25) is 0 Å². The van der Waals surface area contributed by atoms with Crippen molar-refractivity contribution in [1.82, 2.24) is 9.78 Å². The van der Waals surface area contributed by atoms with Crippen LogP contribution in [-0.4, -0.2) is 9.78 Å². The van der Waals surface area contributed by atoms with Crippen molar-refractivity contribution in [3.05, 3.63) is 72.0 Å². The summed E-state index contributed by atoms with van der Waals surface area (Å²) in [5.74, 6) is 0. The van der Waals surface area contributed by atoms with Gasteiger partial charge in [0, 0.05) is 23.0 Å². The molecule has 18 heavy (non-hydrogen) atoms. The fraction of sp³-hybridized carbons (Fsp3) is 0. The lowest BCUT2D eigenvalue weighted by Gasteiger charge is -2.07. The van der Waals surface area contributed by atoms with Gasteiger partial charge in [-0.25, -0.2) is 4.68 Å². The number of hydrogen-bond donors (Lipinski definition) is 0. The maximum atomic E-state index is 6.21. The van der Waals surface area contributed by atoms with Gasteiger partial charge in [-0.1, -0.05) is 41.9 Å². The van der Waals surface area contributed by atoms with Crippen LogP contribution < -0.4 is 0 Å². The van der Waals surface area contributed by atoms with Crippen LogP contribution in [0.1, 0.15) is 0 Å². The molecule has 0 atom stereocenters. The van der Waals surface area contributed by atoms with Crippen molar-refractivity contribution < 1.29 is 0 Å². The molecule has 0 aliphatic heterocycles. The molecular formula is C15H11ClN2. The Kier molecular flexibility index (Phi) is 2.87. The highest BCUT2D eigenvalue weighted by Crippen LogP contribution is 2.28. The number of benzene rings is 2. The predicted molar refractivity (Wildman–Crippen MR) is 74.0 cm³/mol. The molecule has 0 saturated heterocycles. The monoisotopic (exact) mass is 254 g/mol. The van der Waals surface area contributed by atoms with Crippen LogP contribution >= 0.6 is 11.6 Å². The molecule has 88 valence electrons. The van der Waals surface area contributed by atoms with Gasteiger partial charge in [-0.05, 0) is 29.8 Å². The normalized spacial score (nSPS) is 10.5. The summed E-state index contributed by atoms with van der Waals surface area (Å²) < 4.78 is 1.83. The van der Waals surface area contributed by atoms with Crippen molar-refractivity contribution in [1.29, 1.82) is 0 Å². The molecule has 0 aliphatic carbocycles. The zero-order chi connectivity index (χ0) is 12.4. The topological polar surface area (TPSA) is 17.8 Å². The van der Waals surface area contributed by atoms with Gasteiger partial charge < -0.3 is 0 Å². The summed E-state index contributed by atoms with van der Waals surface area (Å²) in [6, 6.07) is 17.9. The molecule has 0 amide bonds. The summed E-state index contributed by atoms with van der Waals surface area (Å²) >= 11 is 6.21. The highest BCUT2D eigenvalue weighted by molar-refractivity contribution is 6.33. The summed E-state index contributed by atoms with van der Waals surface area (Å²) in [7, 11) is 0. The molecule has 0 aliphatic rings. The molecule has 2 nitrogen and oxygen atoms in total. The van der Waals surface area contributed by atoms with E-state index in [4.69, 9.17) is 11.6 Å². The number of aromatic nitrogens is 2. The Bertz CT molecular complexity index is 660. The van der Waals surface area contributed by atoms with Crippen molar-refractivity contribution in [2.45, 2.75) is 0 Å². The lowest BCUT2D eigenvalue weighted by Crippen LogP contribution is -1.94. The third-order valence-electron chi connectivity index (χ3n) is 2.80. The first-order chi connectivity index (χ1) is 8.84. The summed E-state index contributed by atoms with van der Waals surface area (Å²) in [5, 5.41) is 4.99. The average Bonchev–Trinajstić information content (AvgIpc) is 2.93. The highest BCUT2D eigenvalue weighted by atomic mass is 35.5. The molecule has 3 aromatic rings. The minimum atomic E-state index is 0.759. The zero-order valence-corrected chi connectivity index (χ0v) is 10.4. The molecule has 0 N–H and O–H groups in total. The van der Waals surface area contributed by atoms with E-state index >= 15 is 0 Å². The lowest BCUT2D eigenvalue weighted by molar-refractivity contribution is 0.881. The van der Waals surface area contributed by atoms with Crippen LogP contribution in [0.2, 0.25) is 5.02 Å². The first kappa shape index (κ1) is 11.1. The van der Waals surface area contributed by atoms with Crippen LogP contribution in [0.3, 0.4) is 0 Å². The first-order valence-electron chi connectivity index (χ1n) is 5.69. The van der Waals surface area contributed by atoms with Crippen molar-refractivity contribution in [2.75, 3.05) is 0 Å². The number of hydrogen-bond acceptors (Lipinski definition) is 1. The number of nitrogens with zero attached hydrogens (tertiary/aromatic N) is 2. The second-order valence-electron chi connectivity index (χ2n) is 3.98. The average molecular weight is 255 g/mol. The van der Waals surface area contributed by atoms with E-state index in [-0.39, 0.29) is 0 Å². The van der Waals surface area contributed by atoms with Crippen LogP contribution in [0, 0.1) is 0 Å².